The first-order valence-electron chi connectivity index (χ1n) is 12.7. The lowest BCUT2D eigenvalue weighted by molar-refractivity contribution is -0.142. The smallest absolute Gasteiger partial charge is 0.246 e. The molecule has 1 aromatic carbocycles. The van der Waals surface area contributed by atoms with Crippen LogP contribution < -0.4 is 16.4 Å². The molecule has 1 fully saturated rings. The standard InChI is InChI=1S/C27H45N5O3/c1-18(2)32(25(34)22(28)16-20-12-9-8-10-13-20)17-21-14-11-15-31(21)26(35)23(27(4,5)6)30-24(33)19(3)29-7/h8-10,12-13,18-19,21-23,29H,11,14-17,28H2,1-7H3,(H,30,33)/t19-,21-,22+,23+/m0/s1. The molecular weight excluding hydrogens is 442 g/mol. The monoisotopic (exact) mass is 487 g/mol. The van der Waals surface area contributed by atoms with E-state index < -0.39 is 23.5 Å². The zero-order chi connectivity index (χ0) is 26.3. The van der Waals surface area contributed by atoms with Gasteiger partial charge in [0.05, 0.1) is 12.1 Å². The first-order valence-corrected chi connectivity index (χ1v) is 12.7. The molecule has 8 heteroatoms. The molecule has 0 saturated carbocycles. The maximum atomic E-state index is 13.7. The average molecular weight is 488 g/mol. The fourth-order valence-corrected chi connectivity index (χ4v) is 4.48. The van der Waals surface area contributed by atoms with Gasteiger partial charge in [0.2, 0.25) is 17.7 Å². The molecule has 2 rings (SSSR count). The lowest BCUT2D eigenvalue weighted by Gasteiger charge is -2.38. The van der Waals surface area contributed by atoms with E-state index in [0.29, 0.717) is 19.5 Å². The first kappa shape index (κ1) is 28.8. The van der Waals surface area contributed by atoms with E-state index in [0.717, 1.165) is 18.4 Å². The Hall–Kier alpha value is -2.45. The largest absolute Gasteiger partial charge is 0.342 e. The fraction of sp³-hybridized carbons (Fsp3) is 0.667. The van der Waals surface area contributed by atoms with Crippen molar-refractivity contribution in [3.05, 3.63) is 35.9 Å². The van der Waals surface area contributed by atoms with Gasteiger partial charge in [0.25, 0.3) is 0 Å². The average Bonchev–Trinajstić information content (AvgIpc) is 3.27. The summed E-state index contributed by atoms with van der Waals surface area (Å²) in [6, 6.07) is 7.91. The van der Waals surface area contributed by atoms with Crippen molar-refractivity contribution in [2.75, 3.05) is 20.1 Å². The summed E-state index contributed by atoms with van der Waals surface area (Å²) in [4.78, 5) is 43.3. The van der Waals surface area contributed by atoms with Gasteiger partial charge in [0.1, 0.15) is 6.04 Å². The van der Waals surface area contributed by atoms with Crippen LogP contribution in [0.1, 0.15) is 59.9 Å². The summed E-state index contributed by atoms with van der Waals surface area (Å²) in [5.74, 6) is -0.407. The molecule has 1 aliphatic rings. The quantitative estimate of drug-likeness (QED) is 0.467. The third-order valence-corrected chi connectivity index (χ3v) is 6.82. The van der Waals surface area contributed by atoms with Crippen molar-refractivity contribution in [3.63, 3.8) is 0 Å². The first-order chi connectivity index (χ1) is 16.4. The van der Waals surface area contributed by atoms with Gasteiger partial charge in [-0.3, -0.25) is 14.4 Å². The van der Waals surface area contributed by atoms with Crippen LogP contribution in [-0.2, 0) is 20.8 Å². The van der Waals surface area contributed by atoms with Crippen LogP contribution in [0.25, 0.3) is 0 Å². The topological polar surface area (TPSA) is 108 Å². The van der Waals surface area contributed by atoms with Crippen LogP contribution in [0.3, 0.4) is 0 Å². The van der Waals surface area contributed by atoms with Crippen molar-refractivity contribution >= 4 is 17.7 Å². The minimum atomic E-state index is -0.657. The van der Waals surface area contributed by atoms with E-state index in [1.807, 2.05) is 69.9 Å². The van der Waals surface area contributed by atoms with Crippen molar-refractivity contribution in [1.82, 2.24) is 20.4 Å². The zero-order valence-corrected chi connectivity index (χ0v) is 22.5. The normalized spacial score (nSPS) is 18.8. The van der Waals surface area contributed by atoms with Gasteiger partial charge in [-0.25, -0.2) is 0 Å². The van der Waals surface area contributed by atoms with E-state index in [2.05, 4.69) is 10.6 Å². The highest BCUT2D eigenvalue weighted by atomic mass is 16.2. The van der Waals surface area contributed by atoms with Crippen LogP contribution >= 0.6 is 0 Å². The van der Waals surface area contributed by atoms with Gasteiger partial charge in [-0.15, -0.1) is 0 Å². The van der Waals surface area contributed by atoms with Crippen molar-refractivity contribution in [2.45, 2.75) is 91.0 Å². The van der Waals surface area contributed by atoms with E-state index in [4.69, 9.17) is 5.73 Å². The predicted octanol–water partition coefficient (Wildman–Crippen LogP) is 1.92. The number of carbonyl (C=O) groups excluding carboxylic acids is 3. The number of nitrogens with two attached hydrogens (primary N) is 1. The molecule has 0 aromatic heterocycles. The molecule has 196 valence electrons. The van der Waals surface area contributed by atoms with Crippen LogP contribution in [0.15, 0.2) is 30.3 Å². The molecule has 1 heterocycles. The third-order valence-electron chi connectivity index (χ3n) is 6.82. The number of hydrogen-bond donors (Lipinski definition) is 3. The Kier molecular flexibility index (Phi) is 10.3. The number of hydrogen-bond acceptors (Lipinski definition) is 5. The van der Waals surface area contributed by atoms with Gasteiger partial charge < -0.3 is 26.2 Å². The molecule has 4 atom stereocenters. The van der Waals surface area contributed by atoms with Gasteiger partial charge in [0, 0.05) is 25.2 Å². The number of nitrogens with zero attached hydrogens (tertiary/aromatic N) is 2. The molecule has 3 amide bonds. The molecule has 8 nitrogen and oxygen atoms in total. The highest BCUT2D eigenvalue weighted by Gasteiger charge is 2.41. The van der Waals surface area contributed by atoms with Gasteiger partial charge >= 0.3 is 0 Å². The van der Waals surface area contributed by atoms with Crippen molar-refractivity contribution < 1.29 is 14.4 Å². The molecule has 0 bridgehead atoms. The Labute approximate surface area is 211 Å². The number of amides is 3. The maximum absolute atomic E-state index is 13.7. The second-order valence-corrected chi connectivity index (χ2v) is 11.0. The summed E-state index contributed by atoms with van der Waals surface area (Å²) < 4.78 is 0. The number of benzene rings is 1. The Balaban J connectivity index is 2.16. The van der Waals surface area contributed by atoms with E-state index in [1.54, 1.807) is 18.9 Å². The second-order valence-electron chi connectivity index (χ2n) is 11.0. The van der Waals surface area contributed by atoms with E-state index in [1.165, 1.54) is 0 Å². The third kappa shape index (κ3) is 7.77. The molecule has 0 aliphatic carbocycles. The number of likely N-dealkylation sites (tertiary alicyclic amines) is 1. The van der Waals surface area contributed by atoms with Gasteiger partial charge in [0.15, 0.2) is 0 Å². The summed E-state index contributed by atoms with van der Waals surface area (Å²) in [5, 5.41) is 5.88. The van der Waals surface area contributed by atoms with Gasteiger partial charge in [-0.2, -0.15) is 0 Å². The molecule has 1 aromatic rings. The Morgan fingerprint density at radius 3 is 2.31 bits per heavy atom. The zero-order valence-electron chi connectivity index (χ0n) is 22.5. The molecule has 35 heavy (non-hydrogen) atoms. The number of rotatable bonds is 10. The molecular formula is C27H45N5O3. The highest BCUT2D eigenvalue weighted by molar-refractivity contribution is 5.90. The summed E-state index contributed by atoms with van der Waals surface area (Å²) in [6.45, 7) is 12.6. The van der Waals surface area contributed by atoms with Crippen LogP contribution in [0.2, 0.25) is 0 Å². The van der Waals surface area contributed by atoms with Gasteiger partial charge in [-0.1, -0.05) is 51.1 Å². The van der Waals surface area contributed by atoms with Crippen LogP contribution in [0.4, 0.5) is 0 Å². The Morgan fingerprint density at radius 1 is 1.14 bits per heavy atom. The lowest BCUT2D eigenvalue weighted by Crippen LogP contribution is -2.59. The van der Waals surface area contributed by atoms with Crippen LogP contribution in [0, 0.1) is 5.41 Å². The summed E-state index contributed by atoms with van der Waals surface area (Å²) in [7, 11) is 1.72. The molecule has 0 spiro atoms. The van der Waals surface area contributed by atoms with Crippen molar-refractivity contribution in [3.8, 4) is 0 Å². The fourth-order valence-electron chi connectivity index (χ4n) is 4.48. The van der Waals surface area contributed by atoms with Crippen LogP contribution in [0.5, 0.6) is 0 Å². The lowest BCUT2D eigenvalue weighted by atomic mass is 9.85. The molecule has 0 radical (unpaired) electrons. The molecule has 1 saturated heterocycles. The minimum absolute atomic E-state index is 0.0449. The Bertz CT molecular complexity index is 852. The summed E-state index contributed by atoms with van der Waals surface area (Å²) in [5.41, 5.74) is 6.90. The van der Waals surface area contributed by atoms with E-state index >= 15 is 0 Å². The second kappa shape index (κ2) is 12.5. The number of likely N-dealkylation sites (N-methyl/N-ethyl adjacent to an activating group) is 1. The Morgan fingerprint density at radius 2 is 1.77 bits per heavy atom. The van der Waals surface area contributed by atoms with Crippen molar-refractivity contribution in [2.24, 2.45) is 11.1 Å². The van der Waals surface area contributed by atoms with E-state index in [9.17, 15) is 14.4 Å². The van der Waals surface area contributed by atoms with Crippen LogP contribution in [-0.4, -0.2) is 77.9 Å². The summed E-state index contributed by atoms with van der Waals surface area (Å²) in [6.07, 6.45) is 2.15. The predicted molar refractivity (Wildman–Crippen MR) is 140 cm³/mol. The molecule has 0 unspecified atom stereocenters. The van der Waals surface area contributed by atoms with E-state index in [-0.39, 0.29) is 29.8 Å². The summed E-state index contributed by atoms with van der Waals surface area (Å²) >= 11 is 0. The molecule has 1 aliphatic heterocycles. The minimum Gasteiger partial charge on any atom is -0.342 e. The van der Waals surface area contributed by atoms with Crippen molar-refractivity contribution in [1.29, 1.82) is 0 Å². The highest BCUT2D eigenvalue weighted by Crippen LogP contribution is 2.27. The number of nitrogens with one attached hydrogen (secondary N) is 2. The number of carbonyl (C=O) groups is 3. The maximum Gasteiger partial charge on any atom is 0.246 e. The van der Waals surface area contributed by atoms with Gasteiger partial charge in [-0.05, 0) is 58.1 Å². The molecule has 4 N–H and O–H groups in total. The SMILES string of the molecule is CN[C@@H](C)C(=O)N[C@H](C(=O)N1CCC[C@H]1CN(C(=O)[C@H](N)Cc1ccccc1)C(C)C)C(C)(C)C.